The van der Waals surface area contributed by atoms with Gasteiger partial charge in [-0.05, 0) is 25.1 Å². The minimum Gasteiger partial charge on any atom is -0.324 e. The Labute approximate surface area is 96.2 Å². The van der Waals surface area contributed by atoms with E-state index in [1.807, 2.05) is 6.92 Å². The molecular formula is C10H10N2O3S. The Morgan fingerprint density at radius 1 is 1.56 bits per heavy atom. The first-order valence-corrected chi connectivity index (χ1v) is 5.56. The molecule has 0 fully saturated rings. The molecule has 1 aliphatic rings. The van der Waals surface area contributed by atoms with Gasteiger partial charge in [0.25, 0.3) is 5.91 Å². The molecule has 2 rings (SSSR count). The lowest BCUT2D eigenvalue weighted by atomic mass is 10.2. The normalized spacial score (nSPS) is 18.6. The van der Waals surface area contributed by atoms with Gasteiger partial charge in [-0.15, -0.1) is 11.8 Å². The summed E-state index contributed by atoms with van der Waals surface area (Å²) in [4.78, 5) is 23.5. The van der Waals surface area contributed by atoms with E-state index in [1.54, 1.807) is 17.6 Å². The quantitative estimate of drug-likeness (QED) is 0.508. The summed E-state index contributed by atoms with van der Waals surface area (Å²) >= 11 is 1.44. The smallest absolute Gasteiger partial charge is 0.274 e. The summed E-state index contributed by atoms with van der Waals surface area (Å²) in [6.07, 6.45) is 0. The maximum absolute atomic E-state index is 11.4. The zero-order valence-electron chi connectivity index (χ0n) is 8.48. The third-order valence-corrected chi connectivity index (χ3v) is 3.45. The molecule has 0 aliphatic carbocycles. The number of anilines is 1. The second-order valence-electron chi connectivity index (χ2n) is 3.40. The van der Waals surface area contributed by atoms with Crippen LogP contribution in [0.5, 0.6) is 0 Å². The highest BCUT2D eigenvalue weighted by Gasteiger charge is 2.23. The Kier molecular flexibility index (Phi) is 2.84. The zero-order valence-corrected chi connectivity index (χ0v) is 9.30. The molecule has 0 aromatic heterocycles. The van der Waals surface area contributed by atoms with E-state index in [9.17, 15) is 9.59 Å². The van der Waals surface area contributed by atoms with E-state index in [0.29, 0.717) is 11.3 Å². The summed E-state index contributed by atoms with van der Waals surface area (Å²) in [5.74, 6) is -0.681. The lowest BCUT2D eigenvalue weighted by molar-refractivity contribution is -0.115. The van der Waals surface area contributed by atoms with Crippen molar-refractivity contribution in [2.24, 2.45) is 0 Å². The summed E-state index contributed by atoms with van der Waals surface area (Å²) in [7, 11) is 0. The van der Waals surface area contributed by atoms with Crippen LogP contribution in [-0.4, -0.2) is 22.3 Å². The Morgan fingerprint density at radius 3 is 3.00 bits per heavy atom. The van der Waals surface area contributed by atoms with Crippen molar-refractivity contribution >= 4 is 29.3 Å². The minimum absolute atomic E-state index is 0.0842. The van der Waals surface area contributed by atoms with Crippen LogP contribution in [0, 0.1) is 0 Å². The first-order valence-electron chi connectivity index (χ1n) is 4.68. The minimum atomic E-state index is -0.597. The number of rotatable bonds is 1. The Hall–Kier alpha value is -1.53. The van der Waals surface area contributed by atoms with Crippen LogP contribution in [0.1, 0.15) is 17.3 Å². The number of carbonyl (C=O) groups excluding carboxylic acids is 2. The highest BCUT2D eigenvalue weighted by Crippen LogP contribution is 2.35. The van der Waals surface area contributed by atoms with Crippen molar-refractivity contribution in [1.29, 1.82) is 0 Å². The summed E-state index contributed by atoms with van der Waals surface area (Å²) in [5, 5.41) is 11.1. The van der Waals surface area contributed by atoms with Crippen molar-refractivity contribution in [3.8, 4) is 0 Å². The average molecular weight is 238 g/mol. The number of hydrogen-bond donors (Lipinski definition) is 3. The van der Waals surface area contributed by atoms with Gasteiger partial charge in [0.2, 0.25) is 5.91 Å². The molecule has 3 N–H and O–H groups in total. The van der Waals surface area contributed by atoms with Crippen LogP contribution < -0.4 is 10.8 Å². The molecule has 0 saturated heterocycles. The average Bonchev–Trinajstić information content (AvgIpc) is 2.29. The number of amides is 2. The second kappa shape index (κ2) is 4.15. The van der Waals surface area contributed by atoms with Crippen LogP contribution in [-0.2, 0) is 4.79 Å². The molecule has 0 bridgehead atoms. The maximum Gasteiger partial charge on any atom is 0.274 e. The van der Waals surface area contributed by atoms with Crippen LogP contribution in [0.3, 0.4) is 0 Å². The number of nitrogens with one attached hydrogen (secondary N) is 2. The summed E-state index contributed by atoms with van der Waals surface area (Å²) < 4.78 is 0. The van der Waals surface area contributed by atoms with Gasteiger partial charge in [-0.3, -0.25) is 14.8 Å². The molecule has 0 spiro atoms. The number of hydrogen-bond acceptors (Lipinski definition) is 4. The fourth-order valence-electron chi connectivity index (χ4n) is 1.41. The van der Waals surface area contributed by atoms with E-state index in [2.05, 4.69) is 5.32 Å². The summed E-state index contributed by atoms with van der Waals surface area (Å²) in [6.45, 7) is 1.82. The van der Waals surface area contributed by atoms with Gasteiger partial charge in [0.05, 0.1) is 10.9 Å². The van der Waals surface area contributed by atoms with Crippen molar-refractivity contribution in [3.05, 3.63) is 23.8 Å². The van der Waals surface area contributed by atoms with Gasteiger partial charge in [0, 0.05) is 10.5 Å². The fourth-order valence-corrected chi connectivity index (χ4v) is 2.34. The largest absolute Gasteiger partial charge is 0.324 e. The standard InChI is InChI=1S/C10H10N2O3S/c1-5-9(13)11-7-4-6(10(14)12-15)2-3-8(7)16-5/h2-5,15H,1H3,(H,11,13)(H,12,14)/t5-/m1/s1. The predicted octanol–water partition coefficient (Wildman–Crippen LogP) is 1.24. The molecule has 0 unspecified atom stereocenters. The van der Waals surface area contributed by atoms with E-state index in [0.717, 1.165) is 4.90 Å². The van der Waals surface area contributed by atoms with Gasteiger partial charge in [0.1, 0.15) is 0 Å². The van der Waals surface area contributed by atoms with Gasteiger partial charge in [0.15, 0.2) is 0 Å². The van der Waals surface area contributed by atoms with Crippen molar-refractivity contribution in [3.63, 3.8) is 0 Å². The van der Waals surface area contributed by atoms with Crippen LogP contribution in [0.2, 0.25) is 0 Å². The first-order chi connectivity index (χ1) is 7.61. The van der Waals surface area contributed by atoms with Gasteiger partial charge >= 0.3 is 0 Å². The molecule has 1 aromatic carbocycles. The SMILES string of the molecule is C[C@H]1Sc2ccc(C(=O)NO)cc2NC1=O. The molecule has 84 valence electrons. The number of hydroxylamine groups is 1. The summed E-state index contributed by atoms with van der Waals surface area (Å²) in [6, 6.07) is 4.89. The Morgan fingerprint density at radius 2 is 2.31 bits per heavy atom. The molecule has 2 amide bonds. The second-order valence-corrected chi connectivity index (χ2v) is 4.78. The number of carbonyl (C=O) groups is 2. The van der Waals surface area contributed by atoms with Gasteiger partial charge < -0.3 is 5.32 Å². The highest BCUT2D eigenvalue weighted by atomic mass is 32.2. The molecule has 0 radical (unpaired) electrons. The molecule has 6 heteroatoms. The van der Waals surface area contributed by atoms with Crippen molar-refractivity contribution in [2.75, 3.05) is 5.32 Å². The van der Waals surface area contributed by atoms with Crippen molar-refractivity contribution < 1.29 is 14.8 Å². The van der Waals surface area contributed by atoms with E-state index in [-0.39, 0.29) is 11.2 Å². The van der Waals surface area contributed by atoms with Gasteiger partial charge in [-0.1, -0.05) is 0 Å². The Bertz CT molecular complexity index is 461. The number of thioether (sulfide) groups is 1. The topological polar surface area (TPSA) is 78.4 Å². The Balaban J connectivity index is 2.36. The third-order valence-electron chi connectivity index (χ3n) is 2.27. The zero-order chi connectivity index (χ0) is 11.7. The van der Waals surface area contributed by atoms with E-state index in [4.69, 9.17) is 5.21 Å². The van der Waals surface area contributed by atoms with E-state index < -0.39 is 5.91 Å². The van der Waals surface area contributed by atoms with E-state index >= 15 is 0 Å². The predicted molar refractivity (Wildman–Crippen MR) is 59.6 cm³/mol. The van der Waals surface area contributed by atoms with Crippen LogP contribution in [0.25, 0.3) is 0 Å². The molecule has 1 aliphatic heterocycles. The van der Waals surface area contributed by atoms with Crippen molar-refractivity contribution in [2.45, 2.75) is 17.1 Å². The van der Waals surface area contributed by atoms with Gasteiger partial charge in [-0.2, -0.15) is 0 Å². The lowest BCUT2D eigenvalue weighted by Gasteiger charge is -2.21. The molecule has 1 aromatic rings. The number of fused-ring (bicyclic) bond motifs is 1. The summed E-state index contributed by atoms with van der Waals surface area (Å²) in [5.41, 5.74) is 2.46. The molecule has 0 saturated carbocycles. The monoisotopic (exact) mass is 238 g/mol. The fraction of sp³-hybridized carbons (Fsp3) is 0.200. The molecule has 1 heterocycles. The van der Waals surface area contributed by atoms with Crippen LogP contribution >= 0.6 is 11.8 Å². The maximum atomic E-state index is 11.4. The highest BCUT2D eigenvalue weighted by molar-refractivity contribution is 8.00. The number of benzene rings is 1. The lowest BCUT2D eigenvalue weighted by Crippen LogP contribution is -2.27. The molecule has 1 atom stereocenters. The molecule has 5 nitrogen and oxygen atoms in total. The first kappa shape index (κ1) is 11.0. The molecule has 16 heavy (non-hydrogen) atoms. The van der Waals surface area contributed by atoms with Crippen LogP contribution in [0.15, 0.2) is 23.1 Å². The van der Waals surface area contributed by atoms with E-state index in [1.165, 1.54) is 17.8 Å². The van der Waals surface area contributed by atoms with Crippen molar-refractivity contribution in [1.82, 2.24) is 5.48 Å². The molecular weight excluding hydrogens is 228 g/mol. The van der Waals surface area contributed by atoms with Gasteiger partial charge in [-0.25, -0.2) is 5.48 Å². The third kappa shape index (κ3) is 1.89. The van der Waals surface area contributed by atoms with Crippen LogP contribution in [0.4, 0.5) is 5.69 Å².